The number of hydrogen-bond acceptors (Lipinski definition) is 3. The van der Waals surface area contributed by atoms with Gasteiger partial charge in [0.2, 0.25) is 0 Å². The van der Waals surface area contributed by atoms with Gasteiger partial charge in [0.15, 0.2) is 0 Å². The Hall–Kier alpha value is -2.47. The smallest absolute Gasteiger partial charge is 0.348 e. The van der Waals surface area contributed by atoms with Crippen molar-refractivity contribution >= 4 is 40.9 Å². The summed E-state index contributed by atoms with van der Waals surface area (Å²) in [5, 5.41) is 5.04. The minimum Gasteiger partial charge on any atom is -0.348 e. The average Bonchev–Trinajstić information content (AvgIpc) is 2.77. The van der Waals surface area contributed by atoms with Crippen LogP contribution in [0.5, 0.6) is 0 Å². The zero-order chi connectivity index (χ0) is 27.6. The minimum atomic E-state index is -6.27. The lowest BCUT2D eigenvalue weighted by Gasteiger charge is -2.30. The molecule has 2 rings (SSSR count). The van der Waals surface area contributed by atoms with Crippen LogP contribution < -0.4 is 10.6 Å². The highest BCUT2D eigenvalue weighted by Crippen LogP contribution is 2.53. The zero-order valence-electron chi connectivity index (χ0n) is 19.4. The summed E-state index contributed by atoms with van der Waals surface area (Å²) >= 11 is 7.65. The molecule has 0 radical (unpaired) electrons. The van der Waals surface area contributed by atoms with Gasteiger partial charge in [-0.15, -0.1) is 0 Å². The molecule has 2 aromatic rings. The van der Waals surface area contributed by atoms with E-state index in [9.17, 15) is 40.3 Å². The van der Waals surface area contributed by atoms with Crippen molar-refractivity contribution in [3.8, 4) is 0 Å². The fraction of sp³-hybridized carbons (Fsp3) is 0.391. The summed E-state index contributed by atoms with van der Waals surface area (Å²) in [7, 11) is 0. The van der Waals surface area contributed by atoms with Gasteiger partial charge in [-0.25, -0.2) is 4.39 Å². The number of carbonyl (C=O) groups is 2. The van der Waals surface area contributed by atoms with Gasteiger partial charge >= 0.3 is 18.0 Å². The van der Waals surface area contributed by atoms with E-state index in [0.717, 1.165) is 13.0 Å². The summed E-state index contributed by atoms with van der Waals surface area (Å²) in [6.07, 6.45) is -10.7. The van der Waals surface area contributed by atoms with Crippen LogP contribution in [0.3, 0.4) is 0 Å². The second-order valence-corrected chi connectivity index (χ2v) is 9.63. The Labute approximate surface area is 212 Å². The summed E-state index contributed by atoms with van der Waals surface area (Å²) < 4.78 is 92.7. The van der Waals surface area contributed by atoms with Crippen molar-refractivity contribution in [1.29, 1.82) is 0 Å². The fourth-order valence-corrected chi connectivity index (χ4v) is 3.98. The van der Waals surface area contributed by atoms with Crippen LogP contribution in [0.2, 0.25) is 5.02 Å². The number of aryl methyl sites for hydroxylation is 1. The molecule has 0 unspecified atom stereocenters. The van der Waals surface area contributed by atoms with Gasteiger partial charge < -0.3 is 10.6 Å². The van der Waals surface area contributed by atoms with E-state index >= 15 is 0 Å². The van der Waals surface area contributed by atoms with Crippen LogP contribution in [0, 0.1) is 6.92 Å². The molecule has 0 aromatic heterocycles. The number of carbonyl (C=O) groups excluding carboxylic acids is 2. The molecular weight excluding hydrogens is 537 g/mol. The Morgan fingerprint density at radius 2 is 1.53 bits per heavy atom. The maximum Gasteiger partial charge on any atom is 0.435 e. The second-order valence-electron chi connectivity index (χ2n) is 8.00. The van der Waals surface area contributed by atoms with Crippen LogP contribution in [0.4, 0.5) is 36.4 Å². The van der Waals surface area contributed by atoms with Crippen LogP contribution in [-0.4, -0.2) is 41.7 Å². The van der Waals surface area contributed by atoms with Crippen LogP contribution in [0.1, 0.15) is 45.7 Å². The largest absolute Gasteiger partial charge is 0.435 e. The van der Waals surface area contributed by atoms with Gasteiger partial charge in [-0.3, -0.25) is 9.59 Å². The number of rotatable bonds is 7. The van der Waals surface area contributed by atoms with Crippen molar-refractivity contribution in [2.45, 2.75) is 50.1 Å². The Morgan fingerprint density at radius 3 is 2.03 bits per heavy atom. The molecule has 36 heavy (non-hydrogen) atoms. The maximum atomic E-state index is 14.4. The van der Waals surface area contributed by atoms with Gasteiger partial charge in [0.1, 0.15) is 0 Å². The standard InChI is InChI=1S/C23H22ClF7N2O2S/c1-11-10-14(21(25,22(26,27)28)23(29,30)31)8-9-17(11)33-19(34)15-6-5-7-16(24)18(15)20(35)32-12(2)13(3)36-4/h5-10,12-13H,1-4H3,(H,32,35)(H,33,34)/t12-,13+/m0/s1. The molecule has 0 saturated heterocycles. The van der Waals surface area contributed by atoms with Crippen LogP contribution in [0.25, 0.3) is 0 Å². The van der Waals surface area contributed by atoms with Crippen molar-refractivity contribution in [2.75, 3.05) is 11.6 Å². The normalized spacial score (nSPS) is 14.2. The zero-order valence-corrected chi connectivity index (χ0v) is 20.9. The second kappa shape index (κ2) is 10.9. The first kappa shape index (κ1) is 29.8. The summed E-state index contributed by atoms with van der Waals surface area (Å²) in [5.74, 6) is -1.55. The van der Waals surface area contributed by atoms with Gasteiger partial charge in [0.25, 0.3) is 11.8 Å². The molecule has 0 saturated carbocycles. The van der Waals surface area contributed by atoms with E-state index in [0.29, 0.717) is 12.1 Å². The SMILES string of the molecule is CS[C@H](C)[C@H](C)NC(=O)c1c(Cl)cccc1C(=O)Nc1ccc(C(F)(C(F)(F)F)C(F)(F)F)cc1C. The number of benzene rings is 2. The third-order valence-corrected chi connectivity index (χ3v) is 7.04. The topological polar surface area (TPSA) is 58.2 Å². The molecule has 2 N–H and O–H groups in total. The highest BCUT2D eigenvalue weighted by molar-refractivity contribution is 7.99. The molecule has 2 aromatic carbocycles. The predicted molar refractivity (Wildman–Crippen MR) is 125 cm³/mol. The summed E-state index contributed by atoms with van der Waals surface area (Å²) in [4.78, 5) is 25.8. The van der Waals surface area contributed by atoms with Gasteiger partial charge in [0.05, 0.1) is 16.1 Å². The highest BCUT2D eigenvalue weighted by atomic mass is 35.5. The number of hydrogen-bond donors (Lipinski definition) is 2. The molecule has 198 valence electrons. The molecule has 0 heterocycles. The Balaban J connectivity index is 2.41. The van der Waals surface area contributed by atoms with E-state index in [2.05, 4.69) is 10.6 Å². The van der Waals surface area contributed by atoms with E-state index in [1.807, 2.05) is 13.2 Å². The van der Waals surface area contributed by atoms with Gasteiger partial charge in [-0.1, -0.05) is 36.7 Å². The van der Waals surface area contributed by atoms with Crippen molar-refractivity contribution in [1.82, 2.24) is 5.32 Å². The average molecular weight is 559 g/mol. The highest BCUT2D eigenvalue weighted by Gasteiger charge is 2.73. The van der Waals surface area contributed by atoms with Crippen molar-refractivity contribution in [3.63, 3.8) is 0 Å². The molecule has 2 atom stereocenters. The van der Waals surface area contributed by atoms with E-state index < -0.39 is 35.4 Å². The Kier molecular flexibility index (Phi) is 8.99. The van der Waals surface area contributed by atoms with Crippen LogP contribution in [0.15, 0.2) is 36.4 Å². The minimum absolute atomic E-state index is 0.0332. The lowest BCUT2D eigenvalue weighted by molar-refractivity contribution is -0.348. The molecule has 2 amide bonds. The van der Waals surface area contributed by atoms with Gasteiger partial charge in [0, 0.05) is 22.5 Å². The summed E-state index contributed by atoms with van der Waals surface area (Å²) in [6.45, 7) is 4.74. The number of alkyl halides is 7. The predicted octanol–water partition coefficient (Wildman–Crippen LogP) is 7.06. The monoisotopic (exact) mass is 558 g/mol. The molecule has 0 spiro atoms. The number of halogens is 8. The molecule has 0 aliphatic heterocycles. The van der Waals surface area contributed by atoms with E-state index in [1.54, 1.807) is 6.92 Å². The van der Waals surface area contributed by atoms with E-state index in [4.69, 9.17) is 11.6 Å². The molecule has 0 fully saturated rings. The molecule has 13 heteroatoms. The third-order valence-electron chi connectivity index (χ3n) is 5.57. The number of amides is 2. The van der Waals surface area contributed by atoms with Crippen LogP contribution in [-0.2, 0) is 5.67 Å². The Morgan fingerprint density at radius 1 is 0.944 bits per heavy atom. The number of nitrogens with one attached hydrogen (secondary N) is 2. The van der Waals surface area contributed by atoms with Crippen LogP contribution >= 0.6 is 23.4 Å². The number of thioether (sulfide) groups is 1. The third kappa shape index (κ3) is 5.91. The molecule has 0 aliphatic carbocycles. The van der Waals surface area contributed by atoms with Crippen molar-refractivity contribution in [2.24, 2.45) is 0 Å². The quantitative estimate of drug-likeness (QED) is 0.358. The Bertz CT molecular complexity index is 1120. The van der Waals surface area contributed by atoms with E-state index in [1.165, 1.54) is 30.0 Å². The van der Waals surface area contributed by atoms with E-state index in [-0.39, 0.29) is 38.7 Å². The van der Waals surface area contributed by atoms with Gasteiger partial charge in [-0.05, 0) is 43.9 Å². The maximum absolute atomic E-state index is 14.4. The summed E-state index contributed by atoms with van der Waals surface area (Å²) in [6, 6.07) is 5.13. The molecular formula is C23H22ClF7N2O2S. The number of anilines is 1. The first-order valence-electron chi connectivity index (χ1n) is 10.3. The first-order chi connectivity index (χ1) is 16.5. The fourth-order valence-electron chi connectivity index (χ4n) is 3.24. The molecule has 0 aliphatic rings. The molecule has 4 nitrogen and oxygen atoms in total. The first-order valence-corrected chi connectivity index (χ1v) is 12.0. The molecule has 0 bridgehead atoms. The summed E-state index contributed by atoms with van der Waals surface area (Å²) in [5.41, 5.74) is -8.09. The van der Waals surface area contributed by atoms with Crippen molar-refractivity contribution < 1.29 is 40.3 Å². The lowest BCUT2D eigenvalue weighted by Crippen LogP contribution is -2.50. The van der Waals surface area contributed by atoms with Gasteiger partial charge in [-0.2, -0.15) is 38.1 Å². The lowest BCUT2D eigenvalue weighted by atomic mass is 9.92. The van der Waals surface area contributed by atoms with Crippen molar-refractivity contribution in [3.05, 3.63) is 63.7 Å².